The number of hydrogen-bond acceptors (Lipinski definition) is 7. The smallest absolute Gasteiger partial charge is 0.338 e. The molecule has 0 atom stereocenters. The molecule has 266 valence electrons. The van der Waals surface area contributed by atoms with Crippen LogP contribution in [0.1, 0.15) is 49.9 Å². The van der Waals surface area contributed by atoms with Crippen LogP contribution < -0.4 is 14.4 Å². The zero-order valence-electron chi connectivity index (χ0n) is 30.3. The van der Waals surface area contributed by atoms with Gasteiger partial charge in [-0.3, -0.25) is 0 Å². The van der Waals surface area contributed by atoms with Crippen molar-refractivity contribution in [3.8, 4) is 44.9 Å². The molecule has 0 N–H and O–H groups in total. The fourth-order valence-electron chi connectivity index (χ4n) is 7.02. The van der Waals surface area contributed by atoms with Gasteiger partial charge in [0, 0.05) is 24.8 Å². The summed E-state index contributed by atoms with van der Waals surface area (Å²) in [5.41, 5.74) is 12.5. The fourth-order valence-corrected chi connectivity index (χ4v) is 7.02. The van der Waals surface area contributed by atoms with Gasteiger partial charge in [-0.1, -0.05) is 110 Å². The molecule has 0 bridgehead atoms. The van der Waals surface area contributed by atoms with E-state index in [1.54, 1.807) is 12.1 Å². The van der Waals surface area contributed by atoms with Crippen LogP contribution >= 0.6 is 0 Å². The van der Waals surface area contributed by atoms with Crippen LogP contribution in [0.15, 0.2) is 127 Å². The summed E-state index contributed by atoms with van der Waals surface area (Å²) in [5, 5.41) is 0. The third-order valence-corrected chi connectivity index (χ3v) is 9.73. The lowest BCUT2D eigenvalue weighted by atomic mass is 9.90. The number of fused-ring (bicyclic) bond motifs is 3. The van der Waals surface area contributed by atoms with Crippen LogP contribution in [0.2, 0.25) is 0 Å². The number of para-hydroxylation sites is 1. The molecule has 7 rings (SSSR count). The Morgan fingerprint density at radius 3 is 1.58 bits per heavy atom. The van der Waals surface area contributed by atoms with Crippen LogP contribution in [0.3, 0.4) is 0 Å². The van der Waals surface area contributed by atoms with E-state index in [0.29, 0.717) is 35.8 Å². The number of aryl methyl sites for hydroxylation is 1. The van der Waals surface area contributed by atoms with Crippen LogP contribution in [0, 0.1) is 0 Å². The molecule has 1 aliphatic rings. The Hall–Kier alpha value is -6.34. The number of carbonyl (C=O) groups is 2. The van der Waals surface area contributed by atoms with E-state index < -0.39 is 0 Å². The first kappa shape index (κ1) is 35.1. The lowest BCUT2D eigenvalue weighted by Crippen LogP contribution is -2.23. The number of nitrogens with zero attached hydrogens (tertiary/aromatic N) is 1. The average molecular weight is 704 g/mol. The van der Waals surface area contributed by atoms with Crippen molar-refractivity contribution in [3.05, 3.63) is 161 Å². The Bertz CT molecular complexity index is 2280. The maximum absolute atomic E-state index is 12.4. The number of benzene rings is 6. The number of hydrogen-bond donors (Lipinski definition) is 0. The number of ether oxygens (including phenoxy) is 4. The van der Waals surface area contributed by atoms with Gasteiger partial charge in [-0.05, 0) is 80.8 Å². The van der Waals surface area contributed by atoms with Gasteiger partial charge in [-0.15, -0.1) is 0 Å². The van der Waals surface area contributed by atoms with E-state index in [2.05, 4.69) is 49.2 Å². The average Bonchev–Trinajstić information content (AvgIpc) is 3.21. The van der Waals surface area contributed by atoms with Gasteiger partial charge in [-0.2, -0.15) is 0 Å². The monoisotopic (exact) mass is 703 g/mol. The minimum absolute atomic E-state index is 0.324. The second kappa shape index (κ2) is 15.5. The Labute approximate surface area is 310 Å². The number of methoxy groups -OCH3 is 2. The maximum Gasteiger partial charge on any atom is 0.338 e. The summed E-state index contributed by atoms with van der Waals surface area (Å²) in [4.78, 5) is 27.1. The molecule has 6 aromatic carbocycles. The van der Waals surface area contributed by atoms with E-state index >= 15 is 0 Å². The van der Waals surface area contributed by atoms with Gasteiger partial charge in [0.15, 0.2) is 11.5 Å². The number of anilines is 1. The summed E-state index contributed by atoms with van der Waals surface area (Å²) < 4.78 is 23.1. The Balaban J connectivity index is 1.16. The van der Waals surface area contributed by atoms with Crippen molar-refractivity contribution >= 4 is 17.6 Å². The van der Waals surface area contributed by atoms with Crippen molar-refractivity contribution in [3.63, 3.8) is 0 Å². The molecule has 0 spiro atoms. The van der Waals surface area contributed by atoms with E-state index in [1.165, 1.54) is 36.6 Å². The molecule has 0 aliphatic carbocycles. The van der Waals surface area contributed by atoms with Crippen LogP contribution in [0.25, 0.3) is 33.4 Å². The molecule has 0 saturated carbocycles. The Morgan fingerprint density at radius 1 is 0.585 bits per heavy atom. The summed E-state index contributed by atoms with van der Waals surface area (Å²) in [6, 6.07) is 41.6. The zero-order valence-corrected chi connectivity index (χ0v) is 30.3. The van der Waals surface area contributed by atoms with Crippen molar-refractivity contribution in [1.29, 1.82) is 0 Å². The predicted molar refractivity (Wildman–Crippen MR) is 208 cm³/mol. The second-order valence-corrected chi connectivity index (χ2v) is 13.0. The lowest BCUT2D eigenvalue weighted by Gasteiger charge is -2.32. The van der Waals surface area contributed by atoms with E-state index in [4.69, 9.17) is 18.9 Å². The first-order valence-electron chi connectivity index (χ1n) is 17.7. The fraction of sp³-hybridized carbons (Fsp3) is 0.174. The molecule has 1 aliphatic heterocycles. The molecule has 0 saturated heterocycles. The van der Waals surface area contributed by atoms with Crippen LogP contribution in [0.4, 0.5) is 5.69 Å². The van der Waals surface area contributed by atoms with Crippen molar-refractivity contribution in [1.82, 2.24) is 0 Å². The van der Waals surface area contributed by atoms with Crippen LogP contribution in [-0.2, 0) is 35.7 Å². The van der Waals surface area contributed by atoms with Gasteiger partial charge in [0.05, 0.1) is 25.3 Å². The third-order valence-electron chi connectivity index (χ3n) is 9.73. The molecule has 0 aromatic heterocycles. The highest BCUT2D eigenvalue weighted by Crippen LogP contribution is 2.45. The number of esters is 2. The molecule has 1 heterocycles. The highest BCUT2D eigenvalue weighted by Gasteiger charge is 2.25. The van der Waals surface area contributed by atoms with Gasteiger partial charge in [0.1, 0.15) is 13.2 Å². The highest BCUT2D eigenvalue weighted by atomic mass is 16.5. The highest BCUT2D eigenvalue weighted by molar-refractivity contribution is 5.98. The van der Waals surface area contributed by atoms with Gasteiger partial charge < -0.3 is 23.8 Å². The summed E-state index contributed by atoms with van der Waals surface area (Å²) in [6.45, 7) is 3.59. The quantitative estimate of drug-likeness (QED) is 0.124. The molecule has 0 amide bonds. The molecular formula is C46H41NO6. The standard InChI is InChI=1S/C46H41NO6/c1-5-32-11-10-16-38-41-26-43(53-29-31-19-23-34(24-20-31)37-13-7-9-15-40(37)46(49)51-4)42(25-35(41)27-47(2)44(32)38)52-28-30-17-21-33(22-18-30)36-12-6-8-14-39(36)45(48)50-3/h6-26H,5,27-29H2,1-4H3. The SMILES string of the molecule is CCc1cccc2c1N(C)Cc1cc(OCc3ccc(-c4ccccc4C(=O)OC)cc3)c(OCc3ccc(-c4ccccc4C(=O)OC)cc3)cc1-2. The van der Waals surface area contributed by atoms with Gasteiger partial charge >= 0.3 is 11.9 Å². The lowest BCUT2D eigenvalue weighted by molar-refractivity contribution is 0.0592. The van der Waals surface area contributed by atoms with Gasteiger partial charge in [0.2, 0.25) is 0 Å². The van der Waals surface area contributed by atoms with Crippen molar-refractivity contribution in [2.45, 2.75) is 33.1 Å². The molecule has 7 heteroatoms. The zero-order chi connectivity index (χ0) is 36.9. The minimum atomic E-state index is -0.369. The van der Waals surface area contributed by atoms with E-state index in [9.17, 15) is 9.59 Å². The maximum atomic E-state index is 12.4. The Kier molecular flexibility index (Phi) is 10.3. The molecule has 0 fully saturated rings. The molecule has 0 radical (unpaired) electrons. The van der Waals surface area contributed by atoms with Gasteiger partial charge in [-0.25, -0.2) is 9.59 Å². The van der Waals surface area contributed by atoms with Crippen molar-refractivity contribution in [2.75, 3.05) is 26.2 Å². The second-order valence-electron chi connectivity index (χ2n) is 13.0. The van der Waals surface area contributed by atoms with Gasteiger partial charge in [0.25, 0.3) is 0 Å². The van der Waals surface area contributed by atoms with E-state index in [1.807, 2.05) is 84.9 Å². The molecule has 53 heavy (non-hydrogen) atoms. The summed E-state index contributed by atoms with van der Waals surface area (Å²) >= 11 is 0. The van der Waals surface area contributed by atoms with Crippen LogP contribution in [0.5, 0.6) is 11.5 Å². The molecule has 7 nitrogen and oxygen atoms in total. The van der Waals surface area contributed by atoms with Crippen molar-refractivity contribution < 1.29 is 28.5 Å². The number of rotatable bonds is 11. The topological polar surface area (TPSA) is 74.3 Å². The minimum Gasteiger partial charge on any atom is -0.485 e. The molecule has 6 aromatic rings. The first-order valence-corrected chi connectivity index (χ1v) is 17.7. The summed E-state index contributed by atoms with van der Waals surface area (Å²) in [5.74, 6) is 0.583. The summed E-state index contributed by atoms with van der Waals surface area (Å²) in [7, 11) is 4.92. The predicted octanol–water partition coefficient (Wildman–Crippen LogP) is 9.93. The normalized spacial score (nSPS) is 11.7. The summed E-state index contributed by atoms with van der Waals surface area (Å²) in [6.07, 6.45) is 0.945. The first-order chi connectivity index (χ1) is 25.9. The van der Waals surface area contributed by atoms with Crippen LogP contribution in [-0.4, -0.2) is 33.2 Å². The largest absolute Gasteiger partial charge is 0.485 e. The van der Waals surface area contributed by atoms with E-state index in [0.717, 1.165) is 51.9 Å². The molecule has 0 unspecified atom stereocenters. The Morgan fingerprint density at radius 2 is 1.08 bits per heavy atom. The van der Waals surface area contributed by atoms with E-state index in [-0.39, 0.29) is 11.9 Å². The molecular weight excluding hydrogens is 663 g/mol. The number of carbonyl (C=O) groups excluding carboxylic acids is 2. The van der Waals surface area contributed by atoms with Crippen molar-refractivity contribution in [2.24, 2.45) is 0 Å². The third kappa shape index (κ3) is 7.24.